The molecule has 2 heterocycles. The molecule has 0 atom stereocenters. The third-order valence-electron chi connectivity index (χ3n) is 4.99. The Morgan fingerprint density at radius 3 is 2.71 bits per heavy atom. The molecule has 0 bridgehead atoms. The fraction of sp³-hybridized carbons (Fsp3) is 0.471. The third kappa shape index (κ3) is 2.62. The van der Waals surface area contributed by atoms with Gasteiger partial charge in [-0.15, -0.1) is 0 Å². The van der Waals surface area contributed by atoms with Gasteiger partial charge >= 0.3 is 0 Å². The minimum Gasteiger partial charge on any atom is -0.399 e. The largest absolute Gasteiger partial charge is 0.399 e. The maximum atomic E-state index is 12.6. The van der Waals surface area contributed by atoms with Gasteiger partial charge in [0.15, 0.2) is 0 Å². The lowest BCUT2D eigenvalue weighted by atomic mass is 9.78. The van der Waals surface area contributed by atoms with E-state index in [0.717, 1.165) is 42.5 Å². The van der Waals surface area contributed by atoms with Crippen LogP contribution < -0.4 is 5.73 Å². The zero-order valence-corrected chi connectivity index (χ0v) is 12.8. The highest BCUT2D eigenvalue weighted by molar-refractivity contribution is 5.98. The fourth-order valence-corrected chi connectivity index (χ4v) is 3.04. The number of nitrogen functional groups attached to an aromatic ring is 1. The van der Waals surface area contributed by atoms with Crippen LogP contribution in [-0.2, 0) is 0 Å². The number of hydrogen-bond acceptors (Lipinski definition) is 2. The van der Waals surface area contributed by atoms with Crippen molar-refractivity contribution in [3.05, 3.63) is 30.0 Å². The van der Waals surface area contributed by atoms with Crippen molar-refractivity contribution in [2.45, 2.75) is 33.1 Å². The van der Waals surface area contributed by atoms with Gasteiger partial charge < -0.3 is 15.6 Å². The molecule has 0 radical (unpaired) electrons. The summed E-state index contributed by atoms with van der Waals surface area (Å²) in [5.74, 6) is 0.0999. The number of nitrogens with one attached hydrogen (secondary N) is 1. The normalized spacial score (nSPS) is 18.1. The van der Waals surface area contributed by atoms with Crippen LogP contribution in [0.15, 0.2) is 24.3 Å². The Hall–Kier alpha value is -1.97. The van der Waals surface area contributed by atoms with E-state index in [1.807, 2.05) is 29.2 Å². The van der Waals surface area contributed by atoms with E-state index in [0.29, 0.717) is 11.1 Å². The van der Waals surface area contributed by atoms with Crippen molar-refractivity contribution >= 4 is 22.5 Å². The SMILES string of the molecule is CCC1(C)CCN(C(=O)c2cc3cc(N)ccc3[nH]2)CC1. The van der Waals surface area contributed by atoms with Crippen molar-refractivity contribution in [2.75, 3.05) is 18.8 Å². The molecule has 1 fully saturated rings. The van der Waals surface area contributed by atoms with E-state index >= 15 is 0 Å². The van der Waals surface area contributed by atoms with Crippen molar-refractivity contribution in [3.63, 3.8) is 0 Å². The average molecular weight is 285 g/mol. The molecule has 4 nitrogen and oxygen atoms in total. The van der Waals surface area contributed by atoms with Gasteiger partial charge in [-0.1, -0.05) is 20.3 Å². The number of carbonyl (C=O) groups is 1. The Bertz CT molecular complexity index is 666. The summed E-state index contributed by atoms with van der Waals surface area (Å²) in [6, 6.07) is 7.57. The van der Waals surface area contributed by atoms with Gasteiger partial charge in [0.2, 0.25) is 0 Å². The maximum absolute atomic E-state index is 12.6. The average Bonchev–Trinajstić information content (AvgIpc) is 2.90. The van der Waals surface area contributed by atoms with E-state index in [1.54, 1.807) is 0 Å². The van der Waals surface area contributed by atoms with Crippen LogP contribution in [0.4, 0.5) is 5.69 Å². The van der Waals surface area contributed by atoms with Crippen LogP contribution in [0.25, 0.3) is 10.9 Å². The number of aromatic nitrogens is 1. The molecule has 3 rings (SSSR count). The number of likely N-dealkylation sites (tertiary alicyclic amines) is 1. The molecule has 1 aromatic heterocycles. The van der Waals surface area contributed by atoms with E-state index in [1.165, 1.54) is 6.42 Å². The Balaban J connectivity index is 1.78. The number of rotatable bonds is 2. The van der Waals surface area contributed by atoms with Crippen molar-refractivity contribution < 1.29 is 4.79 Å². The molecular weight excluding hydrogens is 262 g/mol. The number of benzene rings is 1. The van der Waals surface area contributed by atoms with Crippen LogP contribution in [0.2, 0.25) is 0 Å². The van der Waals surface area contributed by atoms with Gasteiger partial charge in [-0.2, -0.15) is 0 Å². The number of H-pyrrole nitrogens is 1. The summed E-state index contributed by atoms with van der Waals surface area (Å²) in [6.45, 7) is 6.25. The van der Waals surface area contributed by atoms with Crippen LogP contribution >= 0.6 is 0 Å². The molecule has 4 heteroatoms. The second-order valence-electron chi connectivity index (χ2n) is 6.49. The summed E-state index contributed by atoms with van der Waals surface area (Å²) >= 11 is 0. The molecule has 1 aliphatic rings. The van der Waals surface area contributed by atoms with Crippen LogP contribution in [0.5, 0.6) is 0 Å². The molecule has 112 valence electrons. The molecule has 1 aromatic carbocycles. The molecule has 0 saturated carbocycles. The number of aromatic amines is 1. The highest BCUT2D eigenvalue weighted by atomic mass is 16.2. The third-order valence-corrected chi connectivity index (χ3v) is 4.99. The molecule has 1 amide bonds. The van der Waals surface area contributed by atoms with Crippen LogP contribution in [0.1, 0.15) is 43.6 Å². The fourth-order valence-electron chi connectivity index (χ4n) is 3.04. The van der Waals surface area contributed by atoms with E-state index in [2.05, 4.69) is 18.8 Å². The number of amides is 1. The van der Waals surface area contributed by atoms with Gasteiger partial charge in [0.05, 0.1) is 0 Å². The van der Waals surface area contributed by atoms with Crippen molar-refractivity contribution in [1.82, 2.24) is 9.88 Å². The van der Waals surface area contributed by atoms with Gasteiger partial charge in [0.25, 0.3) is 5.91 Å². The Morgan fingerprint density at radius 1 is 1.33 bits per heavy atom. The second-order valence-corrected chi connectivity index (χ2v) is 6.49. The standard InChI is InChI=1S/C17H23N3O/c1-3-17(2)6-8-20(9-7-17)16(21)15-11-12-10-13(18)4-5-14(12)19-15/h4-5,10-11,19H,3,6-9,18H2,1-2H3. The first-order valence-electron chi connectivity index (χ1n) is 7.68. The maximum Gasteiger partial charge on any atom is 0.270 e. The van der Waals surface area contributed by atoms with Gasteiger partial charge in [0, 0.05) is 29.7 Å². The van der Waals surface area contributed by atoms with E-state index in [-0.39, 0.29) is 5.91 Å². The molecule has 1 saturated heterocycles. The quantitative estimate of drug-likeness (QED) is 0.831. The van der Waals surface area contributed by atoms with Crippen molar-refractivity contribution in [3.8, 4) is 0 Å². The predicted octanol–water partition coefficient (Wildman–Crippen LogP) is 3.40. The van der Waals surface area contributed by atoms with Gasteiger partial charge in [-0.3, -0.25) is 4.79 Å². The van der Waals surface area contributed by atoms with E-state index in [9.17, 15) is 4.79 Å². The molecule has 0 aliphatic carbocycles. The summed E-state index contributed by atoms with van der Waals surface area (Å²) in [4.78, 5) is 17.8. The number of fused-ring (bicyclic) bond motifs is 1. The van der Waals surface area contributed by atoms with Crippen LogP contribution in [0, 0.1) is 5.41 Å². The first-order chi connectivity index (χ1) is 10.0. The van der Waals surface area contributed by atoms with Crippen LogP contribution in [-0.4, -0.2) is 28.9 Å². The second kappa shape index (κ2) is 5.10. The molecule has 0 unspecified atom stereocenters. The van der Waals surface area contributed by atoms with Gasteiger partial charge in [-0.05, 0) is 42.5 Å². The molecule has 3 N–H and O–H groups in total. The zero-order valence-electron chi connectivity index (χ0n) is 12.8. The molecular formula is C17H23N3O. The number of nitrogens with zero attached hydrogens (tertiary/aromatic N) is 1. The van der Waals surface area contributed by atoms with Crippen molar-refractivity contribution in [2.24, 2.45) is 5.41 Å². The monoisotopic (exact) mass is 285 g/mol. The smallest absolute Gasteiger partial charge is 0.270 e. The Labute approximate surface area is 125 Å². The predicted molar refractivity (Wildman–Crippen MR) is 86.2 cm³/mol. The summed E-state index contributed by atoms with van der Waals surface area (Å²) in [5.41, 5.74) is 8.53. The molecule has 2 aromatic rings. The summed E-state index contributed by atoms with van der Waals surface area (Å²) in [5, 5.41) is 0.994. The molecule has 21 heavy (non-hydrogen) atoms. The van der Waals surface area contributed by atoms with E-state index in [4.69, 9.17) is 5.73 Å². The van der Waals surface area contributed by atoms with Crippen LogP contribution in [0.3, 0.4) is 0 Å². The lowest BCUT2D eigenvalue weighted by molar-refractivity contribution is 0.0595. The van der Waals surface area contributed by atoms with Gasteiger partial charge in [-0.25, -0.2) is 0 Å². The highest BCUT2D eigenvalue weighted by Gasteiger charge is 2.31. The van der Waals surface area contributed by atoms with Gasteiger partial charge in [0.1, 0.15) is 5.69 Å². The number of nitrogens with two attached hydrogens (primary N) is 1. The molecule has 1 aliphatic heterocycles. The topological polar surface area (TPSA) is 62.1 Å². The highest BCUT2D eigenvalue weighted by Crippen LogP contribution is 2.34. The number of carbonyl (C=O) groups excluding carboxylic acids is 1. The number of hydrogen-bond donors (Lipinski definition) is 2. The minimum atomic E-state index is 0.0999. The number of piperidine rings is 1. The summed E-state index contributed by atoms with van der Waals surface area (Å²) in [6.07, 6.45) is 3.35. The Morgan fingerprint density at radius 2 is 2.05 bits per heavy atom. The summed E-state index contributed by atoms with van der Waals surface area (Å²) in [7, 11) is 0. The lowest BCUT2D eigenvalue weighted by Gasteiger charge is -2.38. The van der Waals surface area contributed by atoms with E-state index < -0.39 is 0 Å². The zero-order chi connectivity index (χ0) is 15.0. The molecule has 0 spiro atoms. The number of anilines is 1. The van der Waals surface area contributed by atoms with Crippen molar-refractivity contribution in [1.29, 1.82) is 0 Å². The first kappa shape index (κ1) is 14.0. The Kier molecular flexibility index (Phi) is 3.40. The minimum absolute atomic E-state index is 0.0999. The lowest BCUT2D eigenvalue weighted by Crippen LogP contribution is -2.42. The summed E-state index contributed by atoms with van der Waals surface area (Å²) < 4.78 is 0. The first-order valence-corrected chi connectivity index (χ1v) is 7.68.